The lowest BCUT2D eigenvalue weighted by Crippen LogP contribution is -2.45. The van der Waals surface area contributed by atoms with Crippen LogP contribution < -0.4 is 20.1 Å². The van der Waals surface area contributed by atoms with Gasteiger partial charge in [-0.05, 0) is 36.8 Å². The highest BCUT2D eigenvalue weighted by atomic mass is 16.5. The molecule has 0 aromatic heterocycles. The number of benzene rings is 2. The monoisotopic (exact) mass is 382 g/mol. The van der Waals surface area contributed by atoms with Crippen LogP contribution in [0.2, 0.25) is 0 Å². The Morgan fingerprint density at radius 2 is 1.71 bits per heavy atom. The molecule has 3 rings (SSSR count). The van der Waals surface area contributed by atoms with Crippen molar-refractivity contribution in [2.24, 2.45) is 0 Å². The third-order valence-electron chi connectivity index (χ3n) is 4.35. The molecule has 2 amide bonds. The summed E-state index contributed by atoms with van der Waals surface area (Å²) in [5.74, 6) is 0.719. The lowest BCUT2D eigenvalue weighted by atomic mass is 9.92. The molecule has 1 aliphatic heterocycles. The molecule has 0 fully saturated rings. The molecule has 1 atom stereocenters. The van der Waals surface area contributed by atoms with E-state index in [1.807, 2.05) is 6.07 Å². The summed E-state index contributed by atoms with van der Waals surface area (Å²) in [6.45, 7) is 1.95. The van der Waals surface area contributed by atoms with Gasteiger partial charge in [-0.25, -0.2) is 9.59 Å². The van der Waals surface area contributed by atoms with Gasteiger partial charge < -0.3 is 24.8 Å². The Labute approximate surface area is 163 Å². The molecule has 0 radical (unpaired) electrons. The first-order valence-electron chi connectivity index (χ1n) is 8.84. The van der Waals surface area contributed by atoms with Crippen LogP contribution in [0, 0.1) is 0 Å². The number of methoxy groups -OCH3 is 2. The zero-order valence-electron chi connectivity index (χ0n) is 15.9. The van der Waals surface area contributed by atoms with Crippen molar-refractivity contribution in [3.63, 3.8) is 0 Å². The van der Waals surface area contributed by atoms with E-state index in [9.17, 15) is 9.59 Å². The van der Waals surface area contributed by atoms with E-state index in [1.54, 1.807) is 63.6 Å². The van der Waals surface area contributed by atoms with Crippen molar-refractivity contribution < 1.29 is 23.8 Å². The maximum atomic E-state index is 12.8. The first-order chi connectivity index (χ1) is 13.6. The van der Waals surface area contributed by atoms with Gasteiger partial charge in [-0.2, -0.15) is 0 Å². The highest BCUT2D eigenvalue weighted by Gasteiger charge is 2.34. The van der Waals surface area contributed by atoms with E-state index in [0.29, 0.717) is 33.9 Å². The molecule has 0 bridgehead atoms. The summed E-state index contributed by atoms with van der Waals surface area (Å²) in [6, 6.07) is 13.2. The van der Waals surface area contributed by atoms with Crippen molar-refractivity contribution in [2.75, 3.05) is 20.8 Å². The van der Waals surface area contributed by atoms with Gasteiger partial charge in [-0.15, -0.1) is 0 Å². The van der Waals surface area contributed by atoms with Crippen LogP contribution in [0.5, 0.6) is 11.5 Å². The molecule has 7 heteroatoms. The number of urea groups is 1. The number of amides is 2. The van der Waals surface area contributed by atoms with Gasteiger partial charge >= 0.3 is 12.0 Å². The molecule has 2 N–H and O–H groups in total. The molecular weight excluding hydrogens is 360 g/mol. The highest BCUT2D eigenvalue weighted by molar-refractivity contribution is 6.04. The van der Waals surface area contributed by atoms with E-state index in [4.69, 9.17) is 14.2 Å². The first-order valence-corrected chi connectivity index (χ1v) is 8.84. The van der Waals surface area contributed by atoms with E-state index in [-0.39, 0.29) is 6.61 Å². The molecule has 0 saturated carbocycles. The maximum absolute atomic E-state index is 12.8. The van der Waals surface area contributed by atoms with Gasteiger partial charge in [-0.3, -0.25) is 0 Å². The smallest absolute Gasteiger partial charge is 0.338 e. The average Bonchev–Trinajstić information content (AvgIpc) is 2.73. The van der Waals surface area contributed by atoms with Gasteiger partial charge in [0.05, 0.1) is 38.1 Å². The SMILES string of the molecule is CCOC(=O)C1=C(c2cccc(OC)c2)NC(=O)N[C@@H]1c1cccc(OC)c1. The average molecular weight is 382 g/mol. The number of ether oxygens (including phenoxy) is 3. The molecule has 1 aliphatic rings. The topological polar surface area (TPSA) is 85.9 Å². The van der Waals surface area contributed by atoms with Crippen LogP contribution in [0.4, 0.5) is 4.79 Å². The molecule has 7 nitrogen and oxygen atoms in total. The van der Waals surface area contributed by atoms with Crippen LogP contribution in [-0.2, 0) is 9.53 Å². The number of rotatable bonds is 6. The van der Waals surface area contributed by atoms with Crippen LogP contribution in [0.25, 0.3) is 5.70 Å². The minimum absolute atomic E-state index is 0.215. The summed E-state index contributed by atoms with van der Waals surface area (Å²) in [5, 5.41) is 5.55. The zero-order valence-corrected chi connectivity index (χ0v) is 15.9. The Hall–Kier alpha value is -3.48. The van der Waals surface area contributed by atoms with E-state index >= 15 is 0 Å². The Morgan fingerprint density at radius 1 is 1.04 bits per heavy atom. The third kappa shape index (κ3) is 3.93. The molecule has 146 valence electrons. The summed E-state index contributed by atoms with van der Waals surface area (Å²) in [4.78, 5) is 25.2. The van der Waals surface area contributed by atoms with E-state index in [0.717, 1.165) is 0 Å². The van der Waals surface area contributed by atoms with Gasteiger partial charge in [0.1, 0.15) is 11.5 Å². The number of carbonyl (C=O) groups excluding carboxylic acids is 2. The lowest BCUT2D eigenvalue weighted by Gasteiger charge is -2.29. The fourth-order valence-electron chi connectivity index (χ4n) is 3.07. The lowest BCUT2D eigenvalue weighted by molar-refractivity contribution is -0.138. The van der Waals surface area contributed by atoms with Crippen LogP contribution in [0.3, 0.4) is 0 Å². The van der Waals surface area contributed by atoms with E-state index in [1.165, 1.54) is 0 Å². The van der Waals surface area contributed by atoms with Crippen LogP contribution >= 0.6 is 0 Å². The fourth-order valence-corrected chi connectivity index (χ4v) is 3.07. The van der Waals surface area contributed by atoms with Gasteiger partial charge in [0.25, 0.3) is 0 Å². The number of nitrogens with one attached hydrogen (secondary N) is 2. The summed E-state index contributed by atoms with van der Waals surface area (Å²) >= 11 is 0. The van der Waals surface area contributed by atoms with Crippen molar-refractivity contribution in [3.05, 3.63) is 65.2 Å². The summed E-state index contributed by atoms with van der Waals surface area (Å²) in [5.41, 5.74) is 2.04. The predicted octanol–water partition coefficient (Wildman–Crippen LogP) is 3.03. The Morgan fingerprint density at radius 3 is 2.39 bits per heavy atom. The van der Waals surface area contributed by atoms with Crippen molar-refractivity contribution in [3.8, 4) is 11.5 Å². The first kappa shape index (κ1) is 19.3. The number of carbonyl (C=O) groups is 2. The van der Waals surface area contributed by atoms with Gasteiger partial charge in [0.15, 0.2) is 0 Å². The van der Waals surface area contributed by atoms with Crippen LogP contribution in [0.1, 0.15) is 24.1 Å². The normalized spacial score (nSPS) is 16.1. The minimum Gasteiger partial charge on any atom is -0.497 e. The molecular formula is C21H22N2O5. The Bertz CT molecular complexity index is 923. The molecule has 28 heavy (non-hydrogen) atoms. The molecule has 2 aromatic rings. The maximum Gasteiger partial charge on any atom is 0.338 e. The second kappa shape index (κ2) is 8.47. The molecule has 0 unspecified atom stereocenters. The predicted molar refractivity (Wildman–Crippen MR) is 104 cm³/mol. The molecule has 0 spiro atoms. The quantitative estimate of drug-likeness (QED) is 0.750. The van der Waals surface area contributed by atoms with Crippen molar-refractivity contribution >= 4 is 17.7 Å². The van der Waals surface area contributed by atoms with Crippen molar-refractivity contribution in [1.29, 1.82) is 0 Å². The zero-order chi connectivity index (χ0) is 20.1. The summed E-state index contributed by atoms with van der Waals surface area (Å²) in [6.07, 6.45) is 0. The van der Waals surface area contributed by atoms with E-state index in [2.05, 4.69) is 10.6 Å². The van der Waals surface area contributed by atoms with Gasteiger partial charge in [-0.1, -0.05) is 24.3 Å². The van der Waals surface area contributed by atoms with Crippen molar-refractivity contribution in [2.45, 2.75) is 13.0 Å². The standard InChI is InChI=1S/C21H22N2O5/c1-4-28-20(24)17-18(13-7-5-9-15(11-13)26-2)22-21(25)23-19(17)14-8-6-10-16(12-14)27-3/h5-12,18H,4H2,1-3H3,(H2,22,23,25)/t18-/m1/s1. The highest BCUT2D eigenvalue weighted by Crippen LogP contribution is 2.34. The minimum atomic E-state index is -0.691. The van der Waals surface area contributed by atoms with Gasteiger partial charge in [0.2, 0.25) is 0 Å². The Balaban J connectivity index is 2.19. The number of hydrogen-bond acceptors (Lipinski definition) is 5. The number of esters is 1. The second-order valence-electron chi connectivity index (χ2n) is 6.05. The van der Waals surface area contributed by atoms with Crippen molar-refractivity contribution in [1.82, 2.24) is 10.6 Å². The van der Waals surface area contributed by atoms with Crippen LogP contribution in [-0.4, -0.2) is 32.8 Å². The summed E-state index contributed by atoms with van der Waals surface area (Å²) < 4.78 is 15.8. The molecule has 1 heterocycles. The molecule has 0 saturated heterocycles. The number of hydrogen-bond donors (Lipinski definition) is 2. The van der Waals surface area contributed by atoms with Gasteiger partial charge in [0, 0.05) is 5.56 Å². The fraction of sp³-hybridized carbons (Fsp3) is 0.238. The largest absolute Gasteiger partial charge is 0.497 e. The Kier molecular flexibility index (Phi) is 5.84. The van der Waals surface area contributed by atoms with E-state index < -0.39 is 18.0 Å². The molecule has 2 aromatic carbocycles. The second-order valence-corrected chi connectivity index (χ2v) is 6.05. The third-order valence-corrected chi connectivity index (χ3v) is 4.35. The summed E-state index contributed by atoms with van der Waals surface area (Å²) in [7, 11) is 3.11. The molecule has 0 aliphatic carbocycles. The van der Waals surface area contributed by atoms with Crippen LogP contribution in [0.15, 0.2) is 54.1 Å².